The van der Waals surface area contributed by atoms with Crippen molar-refractivity contribution in [2.24, 2.45) is 5.73 Å². The lowest BCUT2D eigenvalue weighted by molar-refractivity contribution is -0.127. The highest BCUT2D eigenvalue weighted by molar-refractivity contribution is 9.10. The summed E-state index contributed by atoms with van der Waals surface area (Å²) in [6.45, 7) is 1.19. The predicted octanol–water partition coefficient (Wildman–Crippen LogP) is 3.30. The summed E-state index contributed by atoms with van der Waals surface area (Å²) in [7, 11) is 0. The second-order valence-electron chi connectivity index (χ2n) is 6.62. The number of nitrogens with one attached hydrogen (secondary N) is 1. The van der Waals surface area contributed by atoms with Gasteiger partial charge < -0.3 is 15.8 Å². The summed E-state index contributed by atoms with van der Waals surface area (Å²) in [5.74, 6) is -1.39. The van der Waals surface area contributed by atoms with Crippen LogP contribution in [0.4, 0.5) is 10.5 Å². The number of hydrogen-bond acceptors (Lipinski definition) is 6. The zero-order valence-electron chi connectivity index (χ0n) is 16.4. The molecular formula is C21H18BrN3O5S. The zero-order chi connectivity index (χ0) is 22.5. The highest BCUT2D eigenvalue weighted by atomic mass is 79.9. The Morgan fingerprint density at radius 1 is 1.23 bits per heavy atom. The van der Waals surface area contributed by atoms with Gasteiger partial charge in [-0.3, -0.25) is 24.1 Å². The number of thioether (sulfide) groups is 1. The third-order valence-corrected chi connectivity index (χ3v) is 5.51. The van der Waals surface area contributed by atoms with Crippen molar-refractivity contribution in [3.05, 3.63) is 63.0 Å². The smallest absolute Gasteiger partial charge is 0.294 e. The van der Waals surface area contributed by atoms with Gasteiger partial charge in [-0.1, -0.05) is 28.1 Å². The summed E-state index contributed by atoms with van der Waals surface area (Å²) in [6.07, 6.45) is 1.48. The van der Waals surface area contributed by atoms with Crippen LogP contribution in [0, 0.1) is 6.92 Å². The quantitative estimate of drug-likeness (QED) is 0.559. The van der Waals surface area contributed by atoms with E-state index in [0.29, 0.717) is 33.2 Å². The topological polar surface area (TPSA) is 119 Å². The standard InChI is InChI=1S/C21H18BrN3O5S/c1-12-3-2-4-15(7-12)24-19(27)11-30-16-6-5-14(22)8-13(16)9-17-20(28)25(10-18(23)26)21(29)31-17/h2-9H,10-11H2,1H3,(H2,23,26)(H,24,27)/b17-9-. The Bertz CT molecular complexity index is 1100. The number of ether oxygens (including phenoxy) is 1. The fourth-order valence-corrected chi connectivity index (χ4v) is 3.97. The van der Waals surface area contributed by atoms with Gasteiger partial charge in [-0.05, 0) is 60.7 Å². The molecule has 8 nitrogen and oxygen atoms in total. The van der Waals surface area contributed by atoms with Gasteiger partial charge in [0.05, 0.1) is 4.91 Å². The highest BCUT2D eigenvalue weighted by Crippen LogP contribution is 2.34. The summed E-state index contributed by atoms with van der Waals surface area (Å²) >= 11 is 4.06. The van der Waals surface area contributed by atoms with Crippen molar-refractivity contribution in [3.8, 4) is 5.75 Å². The first-order valence-electron chi connectivity index (χ1n) is 9.05. The second kappa shape index (κ2) is 9.80. The molecule has 0 bridgehead atoms. The first-order chi connectivity index (χ1) is 14.7. The normalized spacial score (nSPS) is 14.8. The van der Waals surface area contributed by atoms with E-state index < -0.39 is 23.6 Å². The van der Waals surface area contributed by atoms with Crippen molar-refractivity contribution in [2.45, 2.75) is 6.92 Å². The molecule has 0 radical (unpaired) electrons. The van der Waals surface area contributed by atoms with Gasteiger partial charge in [0, 0.05) is 15.7 Å². The number of imide groups is 1. The minimum atomic E-state index is -0.783. The van der Waals surface area contributed by atoms with E-state index in [2.05, 4.69) is 21.2 Å². The molecule has 0 aliphatic carbocycles. The van der Waals surface area contributed by atoms with Gasteiger partial charge in [-0.15, -0.1) is 0 Å². The van der Waals surface area contributed by atoms with Crippen LogP contribution in [0.15, 0.2) is 51.8 Å². The van der Waals surface area contributed by atoms with Gasteiger partial charge >= 0.3 is 0 Å². The Hall–Kier alpha value is -3.11. The average molecular weight is 504 g/mol. The number of carbonyl (C=O) groups excluding carboxylic acids is 4. The Labute approximate surface area is 190 Å². The molecule has 0 atom stereocenters. The summed E-state index contributed by atoms with van der Waals surface area (Å²) in [6, 6.07) is 12.4. The highest BCUT2D eigenvalue weighted by Gasteiger charge is 2.36. The van der Waals surface area contributed by atoms with Crippen molar-refractivity contribution in [1.82, 2.24) is 4.90 Å². The maximum atomic E-state index is 12.4. The molecular weight excluding hydrogens is 486 g/mol. The third kappa shape index (κ3) is 5.96. The molecule has 1 aliphatic heterocycles. The number of aryl methyl sites for hydroxylation is 1. The molecule has 0 saturated carbocycles. The van der Waals surface area contributed by atoms with Gasteiger partial charge in [-0.2, -0.15) is 0 Å². The summed E-state index contributed by atoms with van der Waals surface area (Å²) in [4.78, 5) is 48.7. The Morgan fingerprint density at radius 2 is 2.00 bits per heavy atom. The van der Waals surface area contributed by atoms with Crippen LogP contribution in [-0.2, 0) is 14.4 Å². The van der Waals surface area contributed by atoms with Crippen molar-refractivity contribution < 1.29 is 23.9 Å². The van der Waals surface area contributed by atoms with Crippen LogP contribution in [0.1, 0.15) is 11.1 Å². The van der Waals surface area contributed by atoms with E-state index in [4.69, 9.17) is 10.5 Å². The van der Waals surface area contributed by atoms with Crippen LogP contribution in [0.25, 0.3) is 6.08 Å². The molecule has 160 valence electrons. The van der Waals surface area contributed by atoms with Crippen LogP contribution < -0.4 is 15.8 Å². The van der Waals surface area contributed by atoms with E-state index >= 15 is 0 Å². The van der Waals surface area contributed by atoms with E-state index in [0.717, 1.165) is 10.5 Å². The molecule has 2 aromatic carbocycles. The number of benzene rings is 2. The van der Waals surface area contributed by atoms with Gasteiger partial charge in [0.25, 0.3) is 17.1 Å². The minimum Gasteiger partial charge on any atom is -0.483 e. The molecule has 0 unspecified atom stereocenters. The van der Waals surface area contributed by atoms with Gasteiger partial charge in [-0.25, -0.2) is 0 Å². The molecule has 31 heavy (non-hydrogen) atoms. The Morgan fingerprint density at radius 3 is 2.71 bits per heavy atom. The SMILES string of the molecule is Cc1cccc(NC(=O)COc2ccc(Br)cc2/C=C2\SC(=O)N(CC(N)=O)C2=O)c1. The third-order valence-electron chi connectivity index (χ3n) is 4.11. The number of nitrogens with two attached hydrogens (primary N) is 1. The van der Waals surface area contributed by atoms with Gasteiger partial charge in [0.15, 0.2) is 6.61 Å². The maximum Gasteiger partial charge on any atom is 0.294 e. The van der Waals surface area contributed by atoms with Crippen LogP contribution in [0.2, 0.25) is 0 Å². The fourth-order valence-electron chi connectivity index (χ4n) is 2.76. The summed E-state index contributed by atoms with van der Waals surface area (Å²) in [5.41, 5.74) is 7.25. The molecule has 1 fully saturated rings. The lowest BCUT2D eigenvalue weighted by Gasteiger charge is -2.11. The van der Waals surface area contributed by atoms with Gasteiger partial charge in [0.1, 0.15) is 12.3 Å². The predicted molar refractivity (Wildman–Crippen MR) is 121 cm³/mol. The fraction of sp³-hybridized carbons (Fsp3) is 0.143. The largest absolute Gasteiger partial charge is 0.483 e. The van der Waals surface area contributed by atoms with E-state index in [-0.39, 0.29) is 17.4 Å². The molecule has 0 spiro atoms. The lowest BCUT2D eigenvalue weighted by atomic mass is 10.2. The molecule has 0 aromatic heterocycles. The maximum absolute atomic E-state index is 12.4. The Balaban J connectivity index is 1.74. The van der Waals surface area contributed by atoms with Crippen LogP contribution >= 0.6 is 27.7 Å². The second-order valence-corrected chi connectivity index (χ2v) is 8.53. The number of hydrogen-bond donors (Lipinski definition) is 2. The minimum absolute atomic E-state index is 0.124. The lowest BCUT2D eigenvalue weighted by Crippen LogP contribution is -2.36. The van der Waals surface area contributed by atoms with Crippen molar-refractivity contribution in [2.75, 3.05) is 18.5 Å². The van der Waals surface area contributed by atoms with E-state index in [1.165, 1.54) is 6.08 Å². The number of amides is 4. The van der Waals surface area contributed by atoms with Crippen LogP contribution in [0.5, 0.6) is 5.75 Å². The number of anilines is 1. The molecule has 3 rings (SSSR count). The number of nitrogens with zero attached hydrogens (tertiary/aromatic N) is 1. The molecule has 1 aliphatic rings. The summed E-state index contributed by atoms with van der Waals surface area (Å²) in [5, 5.41) is 2.17. The first kappa shape index (κ1) is 22.6. The van der Waals surface area contributed by atoms with Crippen molar-refractivity contribution >= 4 is 62.4 Å². The summed E-state index contributed by atoms with van der Waals surface area (Å²) < 4.78 is 6.36. The van der Waals surface area contributed by atoms with E-state index in [1.807, 2.05) is 25.1 Å². The molecule has 4 amide bonds. The molecule has 1 heterocycles. The van der Waals surface area contributed by atoms with E-state index in [1.54, 1.807) is 24.3 Å². The number of carbonyl (C=O) groups is 4. The molecule has 2 aromatic rings. The number of primary amides is 1. The van der Waals surface area contributed by atoms with E-state index in [9.17, 15) is 19.2 Å². The number of halogens is 1. The monoisotopic (exact) mass is 503 g/mol. The van der Waals surface area contributed by atoms with Crippen molar-refractivity contribution in [1.29, 1.82) is 0 Å². The number of rotatable bonds is 7. The Kier molecular flexibility index (Phi) is 7.13. The molecule has 3 N–H and O–H groups in total. The first-order valence-corrected chi connectivity index (χ1v) is 10.7. The molecule has 10 heteroatoms. The zero-order valence-corrected chi connectivity index (χ0v) is 18.8. The van der Waals surface area contributed by atoms with Crippen molar-refractivity contribution in [3.63, 3.8) is 0 Å². The van der Waals surface area contributed by atoms with Crippen LogP contribution in [0.3, 0.4) is 0 Å². The molecule has 1 saturated heterocycles. The van der Waals surface area contributed by atoms with Crippen LogP contribution in [-0.4, -0.2) is 41.0 Å². The average Bonchev–Trinajstić information content (AvgIpc) is 2.94. The van der Waals surface area contributed by atoms with Gasteiger partial charge in [0.2, 0.25) is 5.91 Å².